The van der Waals surface area contributed by atoms with E-state index in [4.69, 9.17) is 18.9 Å². The minimum atomic E-state index is -0.718. The number of aromatic nitrogens is 1. The molecular formula is C28H32N2O7. The summed E-state index contributed by atoms with van der Waals surface area (Å²) in [6.07, 6.45) is -0.542. The van der Waals surface area contributed by atoms with Crippen molar-refractivity contribution in [3.8, 4) is 5.75 Å². The normalized spacial score (nSPS) is 14.9. The molecular weight excluding hydrogens is 476 g/mol. The first-order valence-corrected chi connectivity index (χ1v) is 12.1. The second kappa shape index (κ2) is 10.2. The lowest BCUT2D eigenvalue weighted by Gasteiger charge is -2.25. The van der Waals surface area contributed by atoms with Gasteiger partial charge in [0.25, 0.3) is 0 Å². The average Bonchev–Trinajstić information content (AvgIpc) is 3.37. The van der Waals surface area contributed by atoms with Crippen molar-refractivity contribution in [3.05, 3.63) is 58.8 Å². The van der Waals surface area contributed by atoms with Gasteiger partial charge in [0.1, 0.15) is 18.0 Å². The molecule has 1 atom stereocenters. The molecule has 0 unspecified atom stereocenters. The highest BCUT2D eigenvalue weighted by atomic mass is 16.6. The summed E-state index contributed by atoms with van der Waals surface area (Å²) in [7, 11) is 1.32. The number of nitrogens with zero attached hydrogens (tertiary/aromatic N) is 1. The predicted octanol–water partition coefficient (Wildman–Crippen LogP) is 5.24. The minimum Gasteiger partial charge on any atom is -0.487 e. The lowest BCUT2D eigenvalue weighted by atomic mass is 9.95. The second-order valence-corrected chi connectivity index (χ2v) is 10.0. The smallest absolute Gasteiger partial charge is 0.414 e. The van der Waals surface area contributed by atoms with E-state index >= 15 is 0 Å². The average molecular weight is 509 g/mol. The zero-order valence-corrected chi connectivity index (χ0v) is 22.0. The number of nitrogens with one attached hydrogen (secondary N) is 1. The van der Waals surface area contributed by atoms with Gasteiger partial charge in [-0.25, -0.2) is 9.59 Å². The van der Waals surface area contributed by atoms with E-state index in [0.29, 0.717) is 39.2 Å². The lowest BCUT2D eigenvalue weighted by molar-refractivity contribution is -0.141. The van der Waals surface area contributed by atoms with E-state index in [1.165, 1.54) is 18.9 Å². The molecule has 37 heavy (non-hydrogen) atoms. The number of carbonyl (C=O) groups is 3. The molecule has 0 fully saturated rings. The number of aromatic amines is 1. The van der Waals surface area contributed by atoms with E-state index < -0.39 is 29.6 Å². The molecule has 1 aromatic heterocycles. The summed E-state index contributed by atoms with van der Waals surface area (Å²) in [5.74, 6) is -0.879. The maximum absolute atomic E-state index is 13.3. The summed E-state index contributed by atoms with van der Waals surface area (Å²) in [5.41, 5.74) is 3.02. The molecule has 0 bridgehead atoms. The van der Waals surface area contributed by atoms with Crippen LogP contribution in [-0.4, -0.2) is 48.9 Å². The van der Waals surface area contributed by atoms with Crippen molar-refractivity contribution in [2.45, 2.75) is 52.7 Å². The number of benzene rings is 2. The molecule has 4 rings (SSSR count). The van der Waals surface area contributed by atoms with Crippen molar-refractivity contribution in [2.75, 3.05) is 25.2 Å². The number of fused-ring (bicyclic) bond motifs is 3. The topological polar surface area (TPSA) is 107 Å². The number of carbonyl (C=O) groups excluding carboxylic acids is 3. The molecule has 196 valence electrons. The summed E-state index contributed by atoms with van der Waals surface area (Å²) in [4.78, 5) is 42.6. The van der Waals surface area contributed by atoms with Crippen LogP contribution in [0.5, 0.6) is 5.75 Å². The van der Waals surface area contributed by atoms with Crippen LogP contribution in [0.4, 0.5) is 10.5 Å². The Labute approximate surface area is 215 Å². The Morgan fingerprint density at radius 1 is 1.14 bits per heavy atom. The van der Waals surface area contributed by atoms with Gasteiger partial charge in [-0.1, -0.05) is 30.3 Å². The van der Waals surface area contributed by atoms with Gasteiger partial charge in [0.2, 0.25) is 0 Å². The standard InChI is InChI=1S/C28H32N2O7/c1-16-22(26(32)34-6)24-23-19(15-35-17(2)31)13-30(27(33)37-28(3,4)5)20(23)12-21(25(24)29-16)36-14-18-10-8-7-9-11-18/h7-12,19,29H,13-15H2,1-6H3/t19-/m0/s1. The van der Waals surface area contributed by atoms with Crippen molar-refractivity contribution >= 4 is 34.6 Å². The molecule has 0 radical (unpaired) electrons. The first-order valence-electron chi connectivity index (χ1n) is 12.1. The molecule has 9 heteroatoms. The van der Waals surface area contributed by atoms with Crippen LogP contribution in [0.25, 0.3) is 10.9 Å². The van der Waals surface area contributed by atoms with Gasteiger partial charge in [-0.15, -0.1) is 0 Å². The largest absolute Gasteiger partial charge is 0.487 e. The highest BCUT2D eigenvalue weighted by Crippen LogP contribution is 2.47. The van der Waals surface area contributed by atoms with Gasteiger partial charge in [0.15, 0.2) is 0 Å². The van der Waals surface area contributed by atoms with E-state index in [1.807, 2.05) is 30.3 Å². The van der Waals surface area contributed by atoms with Gasteiger partial charge in [-0.05, 0) is 38.8 Å². The summed E-state index contributed by atoms with van der Waals surface area (Å²) in [6.45, 7) is 9.01. The van der Waals surface area contributed by atoms with Crippen LogP contribution in [0.2, 0.25) is 0 Å². The molecule has 1 amide bonds. The SMILES string of the molecule is COC(=O)c1c(C)[nH]c2c(OCc3ccccc3)cc3c(c12)[C@H](COC(C)=O)CN3C(=O)OC(C)(C)C. The van der Waals surface area contributed by atoms with Crippen molar-refractivity contribution in [1.82, 2.24) is 4.98 Å². The zero-order chi connectivity index (χ0) is 26.9. The van der Waals surface area contributed by atoms with Crippen molar-refractivity contribution in [3.63, 3.8) is 0 Å². The number of rotatable bonds is 6. The Bertz CT molecular complexity index is 1340. The van der Waals surface area contributed by atoms with E-state index in [2.05, 4.69) is 4.98 Å². The molecule has 2 heterocycles. The molecule has 9 nitrogen and oxygen atoms in total. The number of aryl methyl sites for hydroxylation is 1. The van der Waals surface area contributed by atoms with Gasteiger partial charge in [-0.2, -0.15) is 0 Å². The second-order valence-electron chi connectivity index (χ2n) is 10.0. The minimum absolute atomic E-state index is 0.0335. The van der Waals surface area contributed by atoms with E-state index in [9.17, 15) is 14.4 Å². The van der Waals surface area contributed by atoms with Crippen LogP contribution >= 0.6 is 0 Å². The Morgan fingerprint density at radius 2 is 1.84 bits per heavy atom. The molecule has 1 N–H and O–H groups in total. The molecule has 0 aliphatic carbocycles. The first kappa shape index (κ1) is 26.1. The van der Waals surface area contributed by atoms with Crippen molar-refractivity contribution in [2.24, 2.45) is 0 Å². The first-order chi connectivity index (χ1) is 17.5. The molecule has 3 aromatic rings. The third-order valence-corrected chi connectivity index (χ3v) is 6.08. The monoisotopic (exact) mass is 508 g/mol. The van der Waals surface area contributed by atoms with E-state index in [0.717, 1.165) is 5.56 Å². The van der Waals surface area contributed by atoms with Gasteiger partial charge in [0.05, 0.1) is 30.5 Å². The Kier molecular flexibility index (Phi) is 7.16. The Balaban J connectivity index is 1.91. The fraction of sp³-hybridized carbons (Fsp3) is 0.393. The summed E-state index contributed by atoms with van der Waals surface area (Å²) >= 11 is 0. The molecule has 0 saturated carbocycles. The number of ether oxygens (including phenoxy) is 4. The van der Waals surface area contributed by atoms with E-state index in [1.54, 1.807) is 33.8 Å². The van der Waals surface area contributed by atoms with Crippen molar-refractivity contribution < 1.29 is 33.3 Å². The highest BCUT2D eigenvalue weighted by molar-refractivity contribution is 6.12. The fourth-order valence-corrected chi connectivity index (χ4v) is 4.58. The van der Waals surface area contributed by atoms with Gasteiger partial charge < -0.3 is 23.9 Å². The fourth-order valence-electron chi connectivity index (χ4n) is 4.58. The maximum Gasteiger partial charge on any atom is 0.414 e. The maximum atomic E-state index is 13.3. The van der Waals surface area contributed by atoms with Gasteiger partial charge >= 0.3 is 18.0 Å². The molecule has 0 spiro atoms. The van der Waals surface area contributed by atoms with Crippen LogP contribution in [-0.2, 0) is 25.6 Å². The van der Waals surface area contributed by atoms with Crippen LogP contribution in [0.15, 0.2) is 36.4 Å². The summed E-state index contributed by atoms with van der Waals surface area (Å²) in [5, 5.41) is 0.577. The summed E-state index contributed by atoms with van der Waals surface area (Å²) in [6, 6.07) is 11.5. The molecule has 0 saturated heterocycles. The molecule has 1 aliphatic heterocycles. The number of hydrogen-bond donors (Lipinski definition) is 1. The third kappa shape index (κ3) is 5.40. The van der Waals surface area contributed by atoms with Crippen LogP contribution < -0.4 is 9.64 Å². The Morgan fingerprint density at radius 3 is 2.46 bits per heavy atom. The quantitative estimate of drug-likeness (QED) is 0.358. The number of methoxy groups -OCH3 is 1. The van der Waals surface area contributed by atoms with Gasteiger partial charge in [0, 0.05) is 36.5 Å². The molecule has 2 aromatic carbocycles. The number of esters is 2. The number of amides is 1. The highest BCUT2D eigenvalue weighted by Gasteiger charge is 2.40. The summed E-state index contributed by atoms with van der Waals surface area (Å²) < 4.78 is 22.4. The zero-order valence-electron chi connectivity index (χ0n) is 22.0. The number of H-pyrrole nitrogens is 1. The molecule has 1 aliphatic rings. The number of anilines is 1. The van der Waals surface area contributed by atoms with Crippen molar-refractivity contribution in [1.29, 1.82) is 0 Å². The van der Waals surface area contributed by atoms with Crippen LogP contribution in [0.1, 0.15) is 60.8 Å². The lowest BCUT2D eigenvalue weighted by Crippen LogP contribution is -2.36. The number of hydrogen-bond acceptors (Lipinski definition) is 7. The van der Waals surface area contributed by atoms with Crippen LogP contribution in [0, 0.1) is 6.92 Å². The van der Waals surface area contributed by atoms with Crippen LogP contribution in [0.3, 0.4) is 0 Å². The van der Waals surface area contributed by atoms with Gasteiger partial charge in [-0.3, -0.25) is 9.69 Å². The third-order valence-electron chi connectivity index (χ3n) is 6.08. The predicted molar refractivity (Wildman–Crippen MR) is 138 cm³/mol. The van der Waals surface area contributed by atoms with E-state index in [-0.39, 0.29) is 19.8 Å². The Hall–Kier alpha value is -4.01.